The predicted molar refractivity (Wildman–Crippen MR) is 98.1 cm³/mol. The Morgan fingerprint density at radius 3 is 2.67 bits per heavy atom. The number of hydrogen-bond donors (Lipinski definition) is 0. The summed E-state index contributed by atoms with van der Waals surface area (Å²) in [6.45, 7) is 0. The summed E-state index contributed by atoms with van der Waals surface area (Å²) in [5, 5.41) is 5.67. The molecule has 0 aliphatic carbocycles. The molecule has 0 aliphatic heterocycles. The molecule has 4 rings (SSSR count). The molecule has 120 valence electrons. The lowest BCUT2D eigenvalue weighted by molar-refractivity contribution is 0.410. The van der Waals surface area contributed by atoms with Crippen molar-refractivity contribution < 1.29 is 4.74 Å². The molecule has 0 spiro atoms. The number of nitrogens with zero attached hydrogens (tertiary/aromatic N) is 6. The minimum absolute atomic E-state index is 0.449. The maximum atomic E-state index is 5.06. The number of aromatic nitrogens is 6. The number of rotatable bonds is 3. The quantitative estimate of drug-likeness (QED) is 0.466. The third kappa shape index (κ3) is 2.52. The van der Waals surface area contributed by atoms with Gasteiger partial charge in [0.05, 0.1) is 19.5 Å². The number of hydrogen-bond acceptors (Lipinski definition) is 5. The summed E-state index contributed by atoms with van der Waals surface area (Å²) in [6.07, 6.45) is 6.91. The third-order valence-corrected chi connectivity index (χ3v) is 4.61. The molecule has 24 heavy (non-hydrogen) atoms. The fourth-order valence-electron chi connectivity index (χ4n) is 2.51. The minimum atomic E-state index is 0.449. The van der Waals surface area contributed by atoms with Crippen LogP contribution < -0.4 is 4.74 Å². The van der Waals surface area contributed by atoms with Crippen LogP contribution in [0.25, 0.3) is 28.2 Å². The average molecular weight is 432 g/mol. The maximum absolute atomic E-state index is 5.06. The van der Waals surface area contributed by atoms with E-state index in [9.17, 15) is 0 Å². The maximum Gasteiger partial charge on any atom is 0.252 e. The lowest BCUT2D eigenvalue weighted by Gasteiger charge is -2.01. The van der Waals surface area contributed by atoms with Gasteiger partial charge in [0.2, 0.25) is 0 Å². The summed E-state index contributed by atoms with van der Waals surface area (Å²) < 4.78 is 9.92. The third-order valence-electron chi connectivity index (χ3n) is 3.75. The molecule has 1 aromatic carbocycles. The first-order valence-corrected chi connectivity index (χ1v) is 8.26. The van der Waals surface area contributed by atoms with E-state index in [1.807, 2.05) is 13.1 Å². The van der Waals surface area contributed by atoms with Gasteiger partial charge in [0.25, 0.3) is 5.95 Å². The van der Waals surface area contributed by atoms with E-state index in [4.69, 9.17) is 4.74 Å². The van der Waals surface area contributed by atoms with Crippen LogP contribution in [-0.4, -0.2) is 36.4 Å². The first-order valence-electron chi connectivity index (χ1n) is 7.19. The van der Waals surface area contributed by atoms with Crippen molar-refractivity contribution in [3.8, 4) is 23.1 Å². The summed E-state index contributed by atoms with van der Waals surface area (Å²) in [7, 11) is 3.62. The van der Waals surface area contributed by atoms with Crippen LogP contribution >= 0.6 is 22.6 Å². The molecule has 0 N–H and O–H groups in total. The van der Waals surface area contributed by atoms with Gasteiger partial charge in [0, 0.05) is 33.3 Å². The minimum Gasteiger partial charge on any atom is -0.494 e. The average Bonchev–Trinajstić information content (AvgIpc) is 3.21. The summed E-state index contributed by atoms with van der Waals surface area (Å²) in [5.41, 5.74) is 2.14. The highest BCUT2D eigenvalue weighted by molar-refractivity contribution is 14.1. The molecule has 0 atom stereocenters. The van der Waals surface area contributed by atoms with Crippen LogP contribution in [0.1, 0.15) is 0 Å². The summed E-state index contributed by atoms with van der Waals surface area (Å²) in [5.74, 6) is 1.68. The highest BCUT2D eigenvalue weighted by atomic mass is 127. The highest BCUT2D eigenvalue weighted by Gasteiger charge is 2.11. The molecule has 0 unspecified atom stereocenters. The van der Waals surface area contributed by atoms with Crippen molar-refractivity contribution in [2.45, 2.75) is 0 Å². The highest BCUT2D eigenvalue weighted by Crippen LogP contribution is 2.27. The van der Waals surface area contributed by atoms with E-state index >= 15 is 0 Å². The number of benzene rings is 1. The van der Waals surface area contributed by atoms with Crippen molar-refractivity contribution in [1.29, 1.82) is 0 Å². The van der Waals surface area contributed by atoms with Gasteiger partial charge >= 0.3 is 0 Å². The lowest BCUT2D eigenvalue weighted by Crippen LogP contribution is -2.01. The lowest BCUT2D eigenvalue weighted by atomic mass is 10.1. The molecule has 0 fully saturated rings. The zero-order valence-corrected chi connectivity index (χ0v) is 15.2. The second kappa shape index (κ2) is 5.86. The van der Waals surface area contributed by atoms with Gasteiger partial charge in [0.15, 0.2) is 11.6 Å². The molecule has 0 saturated carbocycles. The van der Waals surface area contributed by atoms with Gasteiger partial charge in [-0.1, -0.05) is 0 Å². The standard InChI is InChI=1S/C16H13IN6O/c1-22-8-13(17)12-5-10(3-4-14(12)22)15-20-9-23(21-15)16-18-6-11(24-2)7-19-16/h3-9H,1-2H3. The molecule has 7 nitrogen and oxygen atoms in total. The largest absolute Gasteiger partial charge is 0.494 e. The zero-order chi connectivity index (χ0) is 16.7. The van der Waals surface area contributed by atoms with Gasteiger partial charge < -0.3 is 9.30 Å². The molecule has 4 aromatic rings. The second-order valence-corrected chi connectivity index (χ2v) is 6.42. The van der Waals surface area contributed by atoms with Crippen LogP contribution in [0.15, 0.2) is 43.1 Å². The van der Waals surface area contributed by atoms with Crippen LogP contribution in [0.5, 0.6) is 5.75 Å². The normalized spacial score (nSPS) is 11.1. The Hall–Kier alpha value is -2.49. The van der Waals surface area contributed by atoms with Crippen molar-refractivity contribution >= 4 is 33.5 Å². The molecule has 3 aromatic heterocycles. The van der Waals surface area contributed by atoms with Crippen LogP contribution in [-0.2, 0) is 7.05 Å². The molecular formula is C16H13IN6O. The fraction of sp³-hybridized carbons (Fsp3) is 0.125. The van der Waals surface area contributed by atoms with Crippen molar-refractivity contribution in [2.24, 2.45) is 7.05 Å². The van der Waals surface area contributed by atoms with Gasteiger partial charge in [-0.25, -0.2) is 15.0 Å². The Balaban J connectivity index is 1.72. The predicted octanol–water partition coefficient (Wildman–Crippen LogP) is 2.83. The van der Waals surface area contributed by atoms with E-state index in [0.717, 1.165) is 5.56 Å². The summed E-state index contributed by atoms with van der Waals surface area (Å²) in [4.78, 5) is 12.8. The van der Waals surface area contributed by atoms with Gasteiger partial charge in [-0.15, -0.1) is 5.10 Å². The molecule has 8 heteroatoms. The van der Waals surface area contributed by atoms with Crippen molar-refractivity contribution in [1.82, 2.24) is 29.3 Å². The second-order valence-electron chi connectivity index (χ2n) is 5.26. The Labute approximate surface area is 151 Å². The Morgan fingerprint density at radius 1 is 1.12 bits per heavy atom. The molecule has 0 saturated heterocycles. The summed E-state index contributed by atoms with van der Waals surface area (Å²) in [6, 6.07) is 6.20. The Kier molecular flexibility index (Phi) is 3.68. The zero-order valence-electron chi connectivity index (χ0n) is 13.0. The van der Waals surface area contributed by atoms with Gasteiger partial charge in [-0.05, 0) is 40.8 Å². The number of ether oxygens (including phenoxy) is 1. The van der Waals surface area contributed by atoms with Gasteiger partial charge in [0.1, 0.15) is 6.33 Å². The Bertz CT molecular complexity index is 1020. The van der Waals surface area contributed by atoms with E-state index in [2.05, 4.69) is 65.5 Å². The first kappa shape index (κ1) is 15.1. The molecule has 0 aliphatic rings. The van der Waals surface area contributed by atoms with E-state index in [1.54, 1.807) is 30.5 Å². The molecular weight excluding hydrogens is 419 g/mol. The monoisotopic (exact) mass is 432 g/mol. The molecule has 0 bridgehead atoms. The van der Waals surface area contributed by atoms with E-state index in [0.29, 0.717) is 17.5 Å². The fourth-order valence-corrected chi connectivity index (χ4v) is 3.36. The SMILES string of the molecule is COc1cnc(-n2cnc(-c3ccc4c(c3)c(I)cn4C)n2)nc1. The van der Waals surface area contributed by atoms with E-state index < -0.39 is 0 Å². The van der Waals surface area contributed by atoms with Crippen molar-refractivity contribution in [3.63, 3.8) is 0 Å². The number of aryl methyl sites for hydroxylation is 1. The number of methoxy groups -OCH3 is 1. The Morgan fingerprint density at radius 2 is 1.92 bits per heavy atom. The van der Waals surface area contributed by atoms with Crippen LogP contribution in [0.2, 0.25) is 0 Å². The topological polar surface area (TPSA) is 70.7 Å². The summed E-state index contributed by atoms with van der Waals surface area (Å²) >= 11 is 2.34. The molecule has 0 radical (unpaired) electrons. The van der Waals surface area contributed by atoms with E-state index in [-0.39, 0.29) is 0 Å². The van der Waals surface area contributed by atoms with Gasteiger partial charge in [-0.3, -0.25) is 0 Å². The molecule has 3 heterocycles. The first-order chi connectivity index (χ1) is 11.7. The van der Waals surface area contributed by atoms with Crippen LogP contribution in [0.4, 0.5) is 0 Å². The van der Waals surface area contributed by atoms with Crippen LogP contribution in [0, 0.1) is 3.57 Å². The van der Waals surface area contributed by atoms with Crippen molar-refractivity contribution in [2.75, 3.05) is 7.11 Å². The van der Waals surface area contributed by atoms with Gasteiger partial charge in [-0.2, -0.15) is 4.68 Å². The van der Waals surface area contributed by atoms with Crippen molar-refractivity contribution in [3.05, 3.63) is 46.7 Å². The van der Waals surface area contributed by atoms with Crippen LogP contribution in [0.3, 0.4) is 0 Å². The number of halogens is 1. The molecule has 0 amide bonds. The van der Waals surface area contributed by atoms with E-state index in [1.165, 1.54) is 14.5 Å². The smallest absolute Gasteiger partial charge is 0.252 e. The number of fused-ring (bicyclic) bond motifs is 1.